The van der Waals surface area contributed by atoms with E-state index in [2.05, 4.69) is 15.8 Å². The molecule has 2 rings (SSSR count). The first kappa shape index (κ1) is 13.9. The quantitative estimate of drug-likeness (QED) is 0.598. The van der Waals surface area contributed by atoms with Gasteiger partial charge in [-0.15, -0.1) is 0 Å². The van der Waals surface area contributed by atoms with E-state index in [1.807, 2.05) is 0 Å². The van der Waals surface area contributed by atoms with Crippen molar-refractivity contribution >= 4 is 29.5 Å². The summed E-state index contributed by atoms with van der Waals surface area (Å²) in [5.41, 5.74) is 5.77. The minimum absolute atomic E-state index is 0.368. The zero-order valence-electron chi connectivity index (χ0n) is 10.4. The van der Waals surface area contributed by atoms with Crippen molar-refractivity contribution in [3.05, 3.63) is 65.0 Å². The standard InChI is InChI=1S/C14H12ClN3O2/c15-11-6-3-10(4-7-11)5-8-13(19)17-18-14(20)12-2-1-9-16-12/h1-9,16H,(H,17,19)(H,18,20)/b8-5+. The van der Waals surface area contributed by atoms with Gasteiger partial charge in [-0.1, -0.05) is 23.7 Å². The average Bonchev–Trinajstić information content (AvgIpc) is 2.98. The largest absolute Gasteiger partial charge is 0.357 e. The Hall–Kier alpha value is -2.53. The molecule has 0 fully saturated rings. The lowest BCUT2D eigenvalue weighted by molar-refractivity contribution is -0.117. The molecule has 0 aliphatic rings. The SMILES string of the molecule is O=C(/C=C/c1ccc(Cl)cc1)NNC(=O)c1ccc[nH]1. The van der Waals surface area contributed by atoms with E-state index in [9.17, 15) is 9.59 Å². The number of carbonyl (C=O) groups excluding carboxylic acids is 2. The summed E-state index contributed by atoms with van der Waals surface area (Å²) in [6, 6.07) is 10.3. The zero-order valence-corrected chi connectivity index (χ0v) is 11.1. The first-order valence-electron chi connectivity index (χ1n) is 5.82. The summed E-state index contributed by atoms with van der Waals surface area (Å²) in [5.74, 6) is -0.844. The van der Waals surface area contributed by atoms with Gasteiger partial charge in [-0.2, -0.15) is 0 Å². The fraction of sp³-hybridized carbons (Fsp3) is 0. The van der Waals surface area contributed by atoms with Gasteiger partial charge >= 0.3 is 0 Å². The maximum absolute atomic E-state index is 11.5. The van der Waals surface area contributed by atoms with Crippen LogP contribution in [0.4, 0.5) is 0 Å². The first-order chi connectivity index (χ1) is 9.65. The van der Waals surface area contributed by atoms with Crippen LogP contribution in [-0.4, -0.2) is 16.8 Å². The molecule has 1 aromatic heterocycles. The van der Waals surface area contributed by atoms with Crippen molar-refractivity contribution in [3.8, 4) is 0 Å². The summed E-state index contributed by atoms with van der Waals surface area (Å²) in [4.78, 5) is 25.8. The van der Waals surface area contributed by atoms with Crippen LogP contribution in [0.2, 0.25) is 5.02 Å². The molecule has 102 valence electrons. The highest BCUT2D eigenvalue weighted by Gasteiger charge is 2.05. The van der Waals surface area contributed by atoms with Gasteiger partial charge in [0.1, 0.15) is 5.69 Å². The number of benzene rings is 1. The van der Waals surface area contributed by atoms with Crippen molar-refractivity contribution in [2.45, 2.75) is 0 Å². The number of hydrogen-bond donors (Lipinski definition) is 3. The number of aromatic nitrogens is 1. The van der Waals surface area contributed by atoms with Crippen molar-refractivity contribution in [2.24, 2.45) is 0 Å². The molecule has 2 amide bonds. The van der Waals surface area contributed by atoms with Crippen molar-refractivity contribution in [1.29, 1.82) is 0 Å². The van der Waals surface area contributed by atoms with Gasteiger partial charge in [0.15, 0.2) is 0 Å². The Morgan fingerprint density at radius 3 is 2.50 bits per heavy atom. The van der Waals surface area contributed by atoms with Crippen LogP contribution in [0.1, 0.15) is 16.1 Å². The fourth-order valence-electron chi connectivity index (χ4n) is 1.44. The summed E-state index contributed by atoms with van der Waals surface area (Å²) >= 11 is 5.75. The number of rotatable bonds is 3. The Morgan fingerprint density at radius 1 is 1.10 bits per heavy atom. The Kier molecular flexibility index (Phi) is 4.57. The number of aromatic amines is 1. The molecule has 0 radical (unpaired) electrons. The molecule has 6 heteroatoms. The summed E-state index contributed by atoms with van der Waals surface area (Å²) in [7, 11) is 0. The number of hydrazine groups is 1. The normalized spacial score (nSPS) is 10.4. The zero-order chi connectivity index (χ0) is 14.4. The van der Waals surface area contributed by atoms with Crippen LogP contribution in [0.25, 0.3) is 6.08 Å². The summed E-state index contributed by atoms with van der Waals surface area (Å²) in [6.07, 6.45) is 4.56. The predicted octanol–water partition coefficient (Wildman–Crippen LogP) is 2.14. The second kappa shape index (κ2) is 6.58. The molecule has 0 saturated heterocycles. The molecule has 0 bridgehead atoms. The Bertz CT molecular complexity index is 618. The van der Waals surface area contributed by atoms with Gasteiger partial charge < -0.3 is 4.98 Å². The Morgan fingerprint density at radius 2 is 1.85 bits per heavy atom. The van der Waals surface area contributed by atoms with Crippen LogP contribution >= 0.6 is 11.6 Å². The van der Waals surface area contributed by atoms with Crippen LogP contribution in [0.3, 0.4) is 0 Å². The van der Waals surface area contributed by atoms with E-state index in [0.29, 0.717) is 10.7 Å². The maximum Gasteiger partial charge on any atom is 0.286 e. The van der Waals surface area contributed by atoms with Gasteiger partial charge in [0, 0.05) is 17.3 Å². The van der Waals surface area contributed by atoms with E-state index in [0.717, 1.165) is 5.56 Å². The number of hydrogen-bond acceptors (Lipinski definition) is 2. The van der Waals surface area contributed by atoms with Gasteiger partial charge in [0.25, 0.3) is 11.8 Å². The molecule has 1 aromatic carbocycles. The van der Waals surface area contributed by atoms with Crippen LogP contribution in [0, 0.1) is 0 Å². The van der Waals surface area contributed by atoms with Crippen molar-refractivity contribution in [3.63, 3.8) is 0 Å². The molecular weight excluding hydrogens is 278 g/mol. The molecule has 5 nitrogen and oxygen atoms in total. The highest BCUT2D eigenvalue weighted by Crippen LogP contribution is 2.10. The van der Waals surface area contributed by atoms with Gasteiger partial charge in [0.2, 0.25) is 0 Å². The van der Waals surface area contributed by atoms with E-state index in [1.54, 1.807) is 48.7 Å². The molecule has 0 saturated carbocycles. The summed E-state index contributed by atoms with van der Waals surface area (Å²) in [6.45, 7) is 0. The van der Waals surface area contributed by atoms with E-state index in [1.165, 1.54) is 6.08 Å². The molecule has 0 atom stereocenters. The number of halogens is 1. The lowest BCUT2D eigenvalue weighted by atomic mass is 10.2. The van der Waals surface area contributed by atoms with Crippen molar-refractivity contribution in [2.75, 3.05) is 0 Å². The first-order valence-corrected chi connectivity index (χ1v) is 6.20. The van der Waals surface area contributed by atoms with E-state index < -0.39 is 11.8 Å². The molecule has 0 spiro atoms. The third-order valence-electron chi connectivity index (χ3n) is 2.44. The number of H-pyrrole nitrogens is 1. The average molecular weight is 290 g/mol. The van der Waals surface area contributed by atoms with Gasteiger partial charge in [-0.05, 0) is 35.9 Å². The molecular formula is C14H12ClN3O2. The molecule has 2 aromatic rings. The molecule has 20 heavy (non-hydrogen) atoms. The van der Waals surface area contributed by atoms with Gasteiger partial charge in [0.05, 0.1) is 0 Å². The number of carbonyl (C=O) groups is 2. The minimum atomic E-state index is -0.431. The molecule has 0 unspecified atom stereocenters. The minimum Gasteiger partial charge on any atom is -0.357 e. The van der Waals surface area contributed by atoms with Crippen molar-refractivity contribution < 1.29 is 9.59 Å². The molecule has 3 N–H and O–H groups in total. The fourth-order valence-corrected chi connectivity index (χ4v) is 1.57. The van der Waals surface area contributed by atoms with Crippen LogP contribution < -0.4 is 10.9 Å². The van der Waals surface area contributed by atoms with Crippen molar-refractivity contribution in [1.82, 2.24) is 15.8 Å². The highest BCUT2D eigenvalue weighted by molar-refractivity contribution is 6.30. The summed E-state index contributed by atoms with van der Waals surface area (Å²) in [5, 5.41) is 0.629. The second-order valence-electron chi connectivity index (χ2n) is 3.91. The highest BCUT2D eigenvalue weighted by atomic mass is 35.5. The third-order valence-corrected chi connectivity index (χ3v) is 2.69. The van der Waals surface area contributed by atoms with Gasteiger partial charge in [-0.25, -0.2) is 0 Å². The number of nitrogens with one attached hydrogen (secondary N) is 3. The second-order valence-corrected chi connectivity index (χ2v) is 4.35. The number of amides is 2. The Labute approximate surface area is 120 Å². The monoisotopic (exact) mass is 289 g/mol. The smallest absolute Gasteiger partial charge is 0.286 e. The van der Waals surface area contributed by atoms with E-state index in [4.69, 9.17) is 11.6 Å². The van der Waals surface area contributed by atoms with E-state index in [-0.39, 0.29) is 0 Å². The molecule has 1 heterocycles. The predicted molar refractivity (Wildman–Crippen MR) is 76.9 cm³/mol. The van der Waals surface area contributed by atoms with Crippen LogP contribution in [0.5, 0.6) is 0 Å². The van der Waals surface area contributed by atoms with Crippen LogP contribution in [0.15, 0.2) is 48.7 Å². The third kappa shape index (κ3) is 4.00. The van der Waals surface area contributed by atoms with Crippen LogP contribution in [-0.2, 0) is 4.79 Å². The van der Waals surface area contributed by atoms with Gasteiger partial charge in [-0.3, -0.25) is 20.4 Å². The Balaban J connectivity index is 1.83. The lowest BCUT2D eigenvalue weighted by Gasteiger charge is -2.03. The lowest BCUT2D eigenvalue weighted by Crippen LogP contribution is -2.40. The summed E-state index contributed by atoms with van der Waals surface area (Å²) < 4.78 is 0. The molecule has 0 aliphatic heterocycles. The topological polar surface area (TPSA) is 74.0 Å². The maximum atomic E-state index is 11.5. The van der Waals surface area contributed by atoms with E-state index >= 15 is 0 Å². The molecule has 0 aliphatic carbocycles.